The number of H-pyrrole nitrogens is 1. The van der Waals surface area contributed by atoms with Crippen molar-refractivity contribution >= 4 is 46.7 Å². The molecule has 0 spiro atoms. The summed E-state index contributed by atoms with van der Waals surface area (Å²) in [4.78, 5) is 19.7. The van der Waals surface area contributed by atoms with Gasteiger partial charge in [0.15, 0.2) is 5.96 Å². The van der Waals surface area contributed by atoms with Gasteiger partial charge >= 0.3 is 0 Å². The highest BCUT2D eigenvalue weighted by molar-refractivity contribution is 14.0. The Kier molecular flexibility index (Phi) is 8.40. The summed E-state index contributed by atoms with van der Waals surface area (Å²) in [6.45, 7) is 7.00. The Hall–Kier alpha value is -1.77. The molecule has 7 heteroatoms. The van der Waals surface area contributed by atoms with Crippen molar-refractivity contribution in [2.75, 3.05) is 26.2 Å². The van der Waals surface area contributed by atoms with Crippen LogP contribution in [-0.4, -0.2) is 43.0 Å². The molecule has 148 valence electrons. The van der Waals surface area contributed by atoms with Gasteiger partial charge in [0, 0.05) is 48.7 Å². The predicted molar refractivity (Wildman–Crippen MR) is 122 cm³/mol. The van der Waals surface area contributed by atoms with Gasteiger partial charge in [-0.3, -0.25) is 9.79 Å². The van der Waals surface area contributed by atoms with Crippen LogP contribution >= 0.6 is 24.0 Å². The summed E-state index contributed by atoms with van der Waals surface area (Å²) in [5, 5.41) is 10.8. The van der Waals surface area contributed by atoms with Crippen molar-refractivity contribution in [3.05, 3.63) is 35.5 Å². The predicted octanol–water partition coefficient (Wildman–Crippen LogP) is 2.72. The van der Waals surface area contributed by atoms with Gasteiger partial charge in [0.1, 0.15) is 0 Å². The number of aryl methyl sites for hydroxylation is 1. The summed E-state index contributed by atoms with van der Waals surface area (Å²) in [5.41, 5.74) is 3.72. The Morgan fingerprint density at radius 1 is 1.19 bits per heavy atom. The van der Waals surface area contributed by atoms with Crippen LogP contribution in [-0.2, 0) is 11.2 Å². The molecule has 27 heavy (non-hydrogen) atoms. The number of guanidine groups is 1. The Labute approximate surface area is 178 Å². The summed E-state index contributed by atoms with van der Waals surface area (Å²) in [7, 11) is 0. The van der Waals surface area contributed by atoms with E-state index >= 15 is 0 Å². The number of aromatic amines is 1. The number of fused-ring (bicyclic) bond motifs is 1. The van der Waals surface area contributed by atoms with Crippen molar-refractivity contribution < 1.29 is 4.79 Å². The van der Waals surface area contributed by atoms with E-state index < -0.39 is 0 Å². The van der Waals surface area contributed by atoms with Crippen LogP contribution in [0.4, 0.5) is 0 Å². The minimum atomic E-state index is 0. The van der Waals surface area contributed by atoms with E-state index in [1.807, 2.05) is 0 Å². The molecule has 3 rings (SSSR count). The van der Waals surface area contributed by atoms with Gasteiger partial charge in [-0.1, -0.05) is 18.2 Å². The molecule has 0 unspecified atom stereocenters. The number of carbonyl (C=O) groups excluding carboxylic acids is 1. The summed E-state index contributed by atoms with van der Waals surface area (Å²) in [6, 6.07) is 8.39. The first-order chi connectivity index (χ1) is 12.7. The minimum absolute atomic E-state index is 0. The highest BCUT2D eigenvalue weighted by Gasteiger charge is 2.28. The molecule has 0 bridgehead atoms. The van der Waals surface area contributed by atoms with Crippen LogP contribution < -0.4 is 16.0 Å². The molecule has 0 saturated heterocycles. The van der Waals surface area contributed by atoms with Gasteiger partial charge in [0.25, 0.3) is 0 Å². The number of nitrogens with one attached hydrogen (secondary N) is 4. The second-order valence-corrected chi connectivity index (χ2v) is 6.78. The Morgan fingerprint density at radius 2 is 1.93 bits per heavy atom. The zero-order valence-electron chi connectivity index (χ0n) is 16.1. The third kappa shape index (κ3) is 6.12. The van der Waals surface area contributed by atoms with Crippen molar-refractivity contribution in [2.24, 2.45) is 10.9 Å². The van der Waals surface area contributed by atoms with Crippen molar-refractivity contribution in [1.29, 1.82) is 0 Å². The lowest BCUT2D eigenvalue weighted by Gasteiger charge is -2.12. The number of para-hydroxylation sites is 1. The summed E-state index contributed by atoms with van der Waals surface area (Å²) >= 11 is 0. The molecule has 1 aromatic carbocycles. The molecular weight excluding hydrogens is 453 g/mol. The lowest BCUT2D eigenvalue weighted by atomic mass is 10.1. The third-order valence-corrected chi connectivity index (χ3v) is 4.67. The summed E-state index contributed by atoms with van der Waals surface area (Å²) < 4.78 is 0. The number of benzene rings is 1. The summed E-state index contributed by atoms with van der Waals surface area (Å²) in [6.07, 6.45) is 2.97. The van der Waals surface area contributed by atoms with Crippen molar-refractivity contribution in [3.8, 4) is 0 Å². The molecule has 4 N–H and O–H groups in total. The smallest absolute Gasteiger partial charge is 0.223 e. The fraction of sp³-hybridized carbons (Fsp3) is 0.500. The molecule has 1 aliphatic carbocycles. The number of rotatable bonds is 8. The van der Waals surface area contributed by atoms with Crippen LogP contribution in [0.25, 0.3) is 10.9 Å². The second kappa shape index (κ2) is 10.5. The van der Waals surface area contributed by atoms with E-state index in [0.717, 1.165) is 31.8 Å². The Bertz CT molecular complexity index is 782. The average molecular weight is 483 g/mol. The number of aliphatic imine (C=N–C) groups is 1. The molecule has 1 aromatic heterocycles. The maximum atomic E-state index is 11.6. The minimum Gasteiger partial charge on any atom is -0.358 e. The van der Waals surface area contributed by atoms with Crippen molar-refractivity contribution in [2.45, 2.75) is 33.1 Å². The zero-order valence-corrected chi connectivity index (χ0v) is 18.4. The number of halogens is 1. The van der Waals surface area contributed by atoms with E-state index in [4.69, 9.17) is 0 Å². The van der Waals surface area contributed by atoms with Crippen LogP contribution in [0.1, 0.15) is 31.0 Å². The molecule has 0 aliphatic heterocycles. The molecule has 2 aromatic rings. The number of nitrogens with zero attached hydrogens (tertiary/aromatic N) is 1. The first-order valence-corrected chi connectivity index (χ1v) is 9.55. The quantitative estimate of drug-likeness (QED) is 0.202. The van der Waals surface area contributed by atoms with Gasteiger partial charge < -0.3 is 20.9 Å². The molecule has 1 amide bonds. The molecule has 1 saturated carbocycles. The lowest BCUT2D eigenvalue weighted by molar-refractivity contribution is -0.122. The molecule has 0 radical (unpaired) electrons. The first kappa shape index (κ1) is 21.5. The monoisotopic (exact) mass is 483 g/mol. The van der Waals surface area contributed by atoms with Gasteiger partial charge in [-0.25, -0.2) is 0 Å². The standard InChI is InChI=1S/C20H29N5O.HI/c1-3-21-20(24-13-12-22-19(26)15-8-9-15)23-11-10-16-14(2)25-18-7-5-4-6-17(16)18;/h4-7,15,25H,3,8-13H2,1-2H3,(H,22,26)(H2,21,23,24);1H. The third-order valence-electron chi connectivity index (χ3n) is 4.67. The molecule has 1 heterocycles. The van der Waals surface area contributed by atoms with Crippen LogP contribution in [0, 0.1) is 12.8 Å². The van der Waals surface area contributed by atoms with Gasteiger partial charge in [-0.2, -0.15) is 0 Å². The van der Waals surface area contributed by atoms with Crippen molar-refractivity contribution in [1.82, 2.24) is 20.9 Å². The largest absolute Gasteiger partial charge is 0.358 e. The van der Waals surface area contributed by atoms with E-state index in [9.17, 15) is 4.79 Å². The Balaban J connectivity index is 0.00000261. The zero-order chi connectivity index (χ0) is 18.4. The summed E-state index contributed by atoms with van der Waals surface area (Å²) in [5.74, 6) is 1.24. The molecule has 1 aliphatic rings. The van der Waals surface area contributed by atoms with Crippen LogP contribution in [0.5, 0.6) is 0 Å². The highest BCUT2D eigenvalue weighted by Crippen LogP contribution is 2.28. The first-order valence-electron chi connectivity index (χ1n) is 9.55. The van der Waals surface area contributed by atoms with E-state index in [0.29, 0.717) is 19.6 Å². The fourth-order valence-corrected chi connectivity index (χ4v) is 3.13. The number of hydrogen-bond acceptors (Lipinski definition) is 2. The van der Waals surface area contributed by atoms with Crippen LogP contribution in [0.15, 0.2) is 29.3 Å². The van der Waals surface area contributed by atoms with Gasteiger partial charge in [-0.05, 0) is 44.7 Å². The van der Waals surface area contributed by atoms with E-state index in [1.54, 1.807) is 0 Å². The highest BCUT2D eigenvalue weighted by atomic mass is 127. The topological polar surface area (TPSA) is 81.3 Å². The lowest BCUT2D eigenvalue weighted by Crippen LogP contribution is -2.41. The second-order valence-electron chi connectivity index (χ2n) is 6.78. The number of amides is 1. The van der Waals surface area contributed by atoms with Crippen molar-refractivity contribution in [3.63, 3.8) is 0 Å². The van der Waals surface area contributed by atoms with E-state index in [1.165, 1.54) is 22.2 Å². The van der Waals surface area contributed by atoms with Crippen LogP contribution in [0.2, 0.25) is 0 Å². The molecule has 0 atom stereocenters. The average Bonchev–Trinajstić information content (AvgIpc) is 3.43. The Morgan fingerprint density at radius 3 is 2.67 bits per heavy atom. The van der Waals surface area contributed by atoms with Gasteiger partial charge in [0.2, 0.25) is 5.91 Å². The van der Waals surface area contributed by atoms with E-state index in [-0.39, 0.29) is 35.8 Å². The SMILES string of the molecule is CCNC(=NCCc1c(C)[nH]c2ccccc12)NCCNC(=O)C1CC1.I. The molecule has 1 fully saturated rings. The van der Waals surface area contributed by atoms with Crippen LogP contribution in [0.3, 0.4) is 0 Å². The maximum absolute atomic E-state index is 11.6. The number of carbonyl (C=O) groups is 1. The molecular formula is C20H30IN5O. The fourth-order valence-electron chi connectivity index (χ4n) is 3.13. The maximum Gasteiger partial charge on any atom is 0.223 e. The van der Waals surface area contributed by atoms with E-state index in [2.05, 4.69) is 64.0 Å². The number of hydrogen-bond donors (Lipinski definition) is 4. The van der Waals surface area contributed by atoms with Gasteiger partial charge in [-0.15, -0.1) is 24.0 Å². The normalized spacial score (nSPS) is 13.9. The molecule has 6 nitrogen and oxygen atoms in total. The number of aromatic nitrogens is 1. The van der Waals surface area contributed by atoms with Gasteiger partial charge in [0.05, 0.1) is 0 Å².